The molecule has 0 bridgehead atoms. The lowest BCUT2D eigenvalue weighted by Crippen LogP contribution is -2.21. The first-order valence-corrected chi connectivity index (χ1v) is 5.99. The van der Waals surface area contributed by atoms with Crippen molar-refractivity contribution in [3.63, 3.8) is 0 Å². The number of carboxylic acid groups (broad SMARTS) is 1. The Labute approximate surface area is 108 Å². The molecule has 0 aromatic heterocycles. The van der Waals surface area contributed by atoms with Gasteiger partial charge in [-0.25, -0.2) is 0 Å². The minimum atomic E-state index is -0.760. The molecule has 0 atom stereocenters. The smallest absolute Gasteiger partial charge is 0.304 e. The second-order valence-electron chi connectivity index (χ2n) is 4.56. The van der Waals surface area contributed by atoms with Crippen LogP contribution in [0.15, 0.2) is 12.1 Å². The normalized spacial score (nSPS) is 10.7. The average molecular weight is 251 g/mol. The summed E-state index contributed by atoms with van der Waals surface area (Å²) in [5.41, 5.74) is 3.55. The Morgan fingerprint density at radius 1 is 1.33 bits per heavy atom. The standard InChI is InChI=1S/C14H21NO3/c1-10-11(2)13(18-4)6-5-12(10)9-15(3)8-7-14(16)17/h5-6H,7-9H2,1-4H3,(H,16,17). The molecule has 18 heavy (non-hydrogen) atoms. The van der Waals surface area contributed by atoms with E-state index in [1.807, 2.05) is 31.0 Å². The highest BCUT2D eigenvalue weighted by Crippen LogP contribution is 2.24. The van der Waals surface area contributed by atoms with Crippen LogP contribution in [0.25, 0.3) is 0 Å². The maximum atomic E-state index is 10.5. The molecule has 0 aliphatic rings. The number of benzene rings is 1. The Balaban J connectivity index is 2.73. The van der Waals surface area contributed by atoms with E-state index >= 15 is 0 Å². The van der Waals surface area contributed by atoms with Crippen molar-refractivity contribution < 1.29 is 14.6 Å². The number of methoxy groups -OCH3 is 1. The summed E-state index contributed by atoms with van der Waals surface area (Å²) in [5.74, 6) is 0.133. The molecule has 1 aromatic rings. The van der Waals surface area contributed by atoms with E-state index in [9.17, 15) is 4.79 Å². The molecule has 1 aromatic carbocycles. The topological polar surface area (TPSA) is 49.8 Å². The molecule has 100 valence electrons. The number of nitrogens with zero attached hydrogens (tertiary/aromatic N) is 1. The van der Waals surface area contributed by atoms with Gasteiger partial charge >= 0.3 is 5.97 Å². The molecule has 0 aliphatic carbocycles. The second-order valence-corrected chi connectivity index (χ2v) is 4.56. The van der Waals surface area contributed by atoms with Crippen LogP contribution in [-0.2, 0) is 11.3 Å². The van der Waals surface area contributed by atoms with Crippen molar-refractivity contribution in [3.05, 3.63) is 28.8 Å². The van der Waals surface area contributed by atoms with Crippen molar-refractivity contribution in [1.29, 1.82) is 0 Å². The van der Waals surface area contributed by atoms with Crippen LogP contribution in [0, 0.1) is 13.8 Å². The van der Waals surface area contributed by atoms with E-state index < -0.39 is 5.97 Å². The summed E-state index contributed by atoms with van der Waals surface area (Å²) in [5, 5.41) is 8.65. The zero-order chi connectivity index (χ0) is 13.7. The monoisotopic (exact) mass is 251 g/mol. The third-order valence-corrected chi connectivity index (χ3v) is 3.22. The second kappa shape index (κ2) is 6.40. The molecule has 0 saturated heterocycles. The van der Waals surface area contributed by atoms with Gasteiger partial charge in [0.05, 0.1) is 13.5 Å². The molecule has 0 unspecified atom stereocenters. The molecule has 1 N–H and O–H groups in total. The predicted octanol–water partition coefficient (Wildman–Crippen LogP) is 2.22. The van der Waals surface area contributed by atoms with Crippen LogP contribution in [0.1, 0.15) is 23.1 Å². The lowest BCUT2D eigenvalue weighted by atomic mass is 10.0. The Kier molecular flexibility index (Phi) is 5.16. The van der Waals surface area contributed by atoms with E-state index in [0.29, 0.717) is 6.54 Å². The summed E-state index contributed by atoms with van der Waals surface area (Å²) in [6, 6.07) is 4.00. The molecule has 0 aliphatic heterocycles. The van der Waals surface area contributed by atoms with Crippen LogP contribution < -0.4 is 4.74 Å². The van der Waals surface area contributed by atoms with Crippen LogP contribution in [0.3, 0.4) is 0 Å². The van der Waals surface area contributed by atoms with Gasteiger partial charge in [0.1, 0.15) is 5.75 Å². The molecular formula is C14H21NO3. The largest absolute Gasteiger partial charge is 0.496 e. The van der Waals surface area contributed by atoms with Crippen molar-refractivity contribution in [3.8, 4) is 5.75 Å². The first-order valence-electron chi connectivity index (χ1n) is 5.99. The van der Waals surface area contributed by atoms with Gasteiger partial charge in [-0.15, -0.1) is 0 Å². The summed E-state index contributed by atoms with van der Waals surface area (Å²) >= 11 is 0. The minimum Gasteiger partial charge on any atom is -0.496 e. The first kappa shape index (κ1) is 14.5. The number of hydrogen-bond donors (Lipinski definition) is 1. The summed E-state index contributed by atoms with van der Waals surface area (Å²) in [6.45, 7) is 5.41. The molecule has 0 saturated carbocycles. The molecule has 4 nitrogen and oxygen atoms in total. The number of aliphatic carboxylic acids is 1. The van der Waals surface area contributed by atoms with Gasteiger partial charge in [0.15, 0.2) is 0 Å². The van der Waals surface area contributed by atoms with E-state index in [-0.39, 0.29) is 6.42 Å². The Bertz CT molecular complexity index is 429. The van der Waals surface area contributed by atoms with Crippen molar-refractivity contribution in [2.75, 3.05) is 20.7 Å². The summed E-state index contributed by atoms with van der Waals surface area (Å²) in [4.78, 5) is 12.5. The molecule has 0 spiro atoms. The fourth-order valence-electron chi connectivity index (χ4n) is 1.90. The SMILES string of the molecule is COc1ccc(CN(C)CCC(=O)O)c(C)c1C. The van der Waals surface area contributed by atoms with Gasteiger partial charge in [-0.05, 0) is 43.7 Å². The number of ether oxygens (including phenoxy) is 1. The molecular weight excluding hydrogens is 230 g/mol. The van der Waals surface area contributed by atoms with Crippen molar-refractivity contribution in [2.45, 2.75) is 26.8 Å². The zero-order valence-electron chi connectivity index (χ0n) is 11.5. The molecule has 0 fully saturated rings. The van der Waals surface area contributed by atoms with Gasteiger partial charge in [-0.3, -0.25) is 4.79 Å². The molecule has 0 heterocycles. The Morgan fingerprint density at radius 3 is 2.56 bits per heavy atom. The summed E-state index contributed by atoms with van der Waals surface area (Å²) in [6.07, 6.45) is 0.171. The van der Waals surface area contributed by atoms with Gasteiger partial charge in [-0.2, -0.15) is 0 Å². The highest BCUT2D eigenvalue weighted by Gasteiger charge is 2.09. The van der Waals surface area contributed by atoms with Crippen LogP contribution in [0.2, 0.25) is 0 Å². The maximum absolute atomic E-state index is 10.5. The molecule has 0 amide bonds. The van der Waals surface area contributed by atoms with Gasteiger partial charge in [0.25, 0.3) is 0 Å². The number of rotatable bonds is 6. The van der Waals surface area contributed by atoms with Crippen molar-refractivity contribution in [2.24, 2.45) is 0 Å². The van der Waals surface area contributed by atoms with Crippen LogP contribution in [0.4, 0.5) is 0 Å². The zero-order valence-corrected chi connectivity index (χ0v) is 11.5. The van der Waals surface area contributed by atoms with Gasteiger partial charge in [0.2, 0.25) is 0 Å². The number of hydrogen-bond acceptors (Lipinski definition) is 3. The third-order valence-electron chi connectivity index (χ3n) is 3.22. The lowest BCUT2D eigenvalue weighted by molar-refractivity contribution is -0.137. The van der Waals surface area contributed by atoms with Crippen LogP contribution >= 0.6 is 0 Å². The van der Waals surface area contributed by atoms with E-state index in [2.05, 4.69) is 6.92 Å². The number of carbonyl (C=O) groups is 1. The highest BCUT2D eigenvalue weighted by atomic mass is 16.5. The van der Waals surface area contributed by atoms with E-state index in [4.69, 9.17) is 9.84 Å². The van der Waals surface area contributed by atoms with E-state index in [1.54, 1.807) is 7.11 Å². The van der Waals surface area contributed by atoms with Crippen molar-refractivity contribution >= 4 is 5.97 Å². The predicted molar refractivity (Wildman–Crippen MR) is 71.1 cm³/mol. The third kappa shape index (κ3) is 3.74. The van der Waals surface area contributed by atoms with Crippen LogP contribution in [-0.4, -0.2) is 36.7 Å². The quantitative estimate of drug-likeness (QED) is 0.842. The fourth-order valence-corrected chi connectivity index (χ4v) is 1.90. The molecule has 1 rings (SSSR count). The summed E-state index contributed by atoms with van der Waals surface area (Å²) in [7, 11) is 3.60. The van der Waals surface area contributed by atoms with E-state index in [1.165, 1.54) is 11.1 Å². The van der Waals surface area contributed by atoms with Crippen LogP contribution in [0.5, 0.6) is 5.75 Å². The number of carboxylic acids is 1. The lowest BCUT2D eigenvalue weighted by Gasteiger charge is -2.19. The highest BCUT2D eigenvalue weighted by molar-refractivity contribution is 5.66. The fraction of sp³-hybridized carbons (Fsp3) is 0.500. The average Bonchev–Trinajstić information content (AvgIpc) is 2.33. The maximum Gasteiger partial charge on any atom is 0.304 e. The van der Waals surface area contributed by atoms with E-state index in [0.717, 1.165) is 17.9 Å². The van der Waals surface area contributed by atoms with Gasteiger partial charge < -0.3 is 14.7 Å². The first-order chi connectivity index (χ1) is 8.45. The van der Waals surface area contributed by atoms with Gasteiger partial charge in [0, 0.05) is 13.1 Å². The Morgan fingerprint density at radius 2 is 2.00 bits per heavy atom. The van der Waals surface area contributed by atoms with Crippen molar-refractivity contribution in [1.82, 2.24) is 4.90 Å². The van der Waals surface area contributed by atoms with Gasteiger partial charge in [-0.1, -0.05) is 6.07 Å². The molecule has 4 heteroatoms. The molecule has 0 radical (unpaired) electrons. The minimum absolute atomic E-state index is 0.171. The Hall–Kier alpha value is -1.55. The summed E-state index contributed by atoms with van der Waals surface area (Å²) < 4.78 is 5.27.